The first kappa shape index (κ1) is 13.4. The summed E-state index contributed by atoms with van der Waals surface area (Å²) in [5, 5.41) is 10.6. The monoisotopic (exact) mass is 284 g/mol. The van der Waals surface area contributed by atoms with E-state index in [1.54, 1.807) is 6.07 Å². The van der Waals surface area contributed by atoms with Crippen molar-refractivity contribution < 1.29 is 9.21 Å². The maximum Gasteiger partial charge on any atom is 0.253 e. The van der Waals surface area contributed by atoms with Crippen molar-refractivity contribution >= 4 is 16.9 Å². The minimum absolute atomic E-state index is 0.188. The van der Waals surface area contributed by atoms with Crippen LogP contribution in [0.15, 0.2) is 28.8 Å². The highest BCUT2D eigenvalue weighted by Gasteiger charge is 2.15. The Labute approximate surface area is 121 Å². The Bertz CT molecular complexity index is 803. The Morgan fingerprint density at radius 1 is 1.38 bits per heavy atom. The van der Waals surface area contributed by atoms with Crippen molar-refractivity contribution in [2.45, 2.75) is 26.8 Å². The van der Waals surface area contributed by atoms with Crippen molar-refractivity contribution in [3.05, 3.63) is 47.2 Å². The largest absolute Gasteiger partial charge is 0.464 e. The van der Waals surface area contributed by atoms with E-state index in [0.717, 1.165) is 22.6 Å². The highest BCUT2D eigenvalue weighted by Crippen LogP contribution is 2.18. The zero-order valence-corrected chi connectivity index (χ0v) is 12.1. The van der Waals surface area contributed by atoms with Crippen molar-refractivity contribution in [1.29, 1.82) is 0 Å². The van der Waals surface area contributed by atoms with E-state index < -0.39 is 0 Å². The first-order valence-electron chi connectivity index (χ1n) is 6.72. The van der Waals surface area contributed by atoms with E-state index in [0.29, 0.717) is 11.2 Å². The summed E-state index contributed by atoms with van der Waals surface area (Å²) in [5.41, 5.74) is 2.00. The van der Waals surface area contributed by atoms with Gasteiger partial charge in [-0.3, -0.25) is 9.89 Å². The fraction of sp³-hybridized carbons (Fsp3) is 0.267. The third-order valence-corrected chi connectivity index (χ3v) is 3.40. The van der Waals surface area contributed by atoms with Crippen LogP contribution in [0.5, 0.6) is 0 Å². The van der Waals surface area contributed by atoms with Crippen LogP contribution in [0.3, 0.4) is 0 Å². The van der Waals surface area contributed by atoms with Crippen molar-refractivity contribution in [2.75, 3.05) is 0 Å². The number of aromatic amines is 1. The summed E-state index contributed by atoms with van der Waals surface area (Å²) in [6, 6.07) is 5.33. The van der Waals surface area contributed by atoms with E-state index >= 15 is 0 Å². The summed E-state index contributed by atoms with van der Waals surface area (Å²) in [6.07, 6.45) is 1.53. The predicted octanol–water partition coefficient (Wildman–Crippen LogP) is 2.66. The molecule has 0 aliphatic rings. The van der Waals surface area contributed by atoms with Gasteiger partial charge in [0, 0.05) is 17.3 Å². The maximum absolute atomic E-state index is 12.3. The van der Waals surface area contributed by atoms with Gasteiger partial charge in [-0.25, -0.2) is 4.98 Å². The average molecular weight is 284 g/mol. The van der Waals surface area contributed by atoms with Crippen LogP contribution in [0.1, 0.15) is 40.5 Å². The predicted molar refractivity (Wildman–Crippen MR) is 78.0 cm³/mol. The van der Waals surface area contributed by atoms with Crippen LogP contribution in [0.2, 0.25) is 0 Å². The molecular formula is C15H16N4O2. The van der Waals surface area contributed by atoms with E-state index in [9.17, 15) is 4.79 Å². The molecule has 0 fully saturated rings. The molecule has 2 N–H and O–H groups in total. The van der Waals surface area contributed by atoms with E-state index in [2.05, 4.69) is 20.5 Å². The molecule has 6 nitrogen and oxygen atoms in total. The molecule has 0 bridgehead atoms. The lowest BCUT2D eigenvalue weighted by Crippen LogP contribution is -2.26. The first-order chi connectivity index (χ1) is 10.0. The molecule has 0 aliphatic heterocycles. The van der Waals surface area contributed by atoms with Crippen molar-refractivity contribution in [3.8, 4) is 0 Å². The summed E-state index contributed by atoms with van der Waals surface area (Å²) in [4.78, 5) is 16.5. The Balaban J connectivity index is 1.81. The molecule has 3 heterocycles. The van der Waals surface area contributed by atoms with Gasteiger partial charge in [-0.1, -0.05) is 0 Å². The summed E-state index contributed by atoms with van der Waals surface area (Å²) in [6.45, 7) is 5.65. The van der Waals surface area contributed by atoms with Gasteiger partial charge >= 0.3 is 0 Å². The van der Waals surface area contributed by atoms with Crippen molar-refractivity contribution in [2.24, 2.45) is 0 Å². The SMILES string of the molecule is Cc1ccc(C(C)NC(=O)c2cnc3n[nH]c(C)c3c2)o1. The lowest BCUT2D eigenvalue weighted by Gasteiger charge is -2.11. The first-order valence-corrected chi connectivity index (χ1v) is 6.72. The number of pyridine rings is 1. The normalized spacial score (nSPS) is 12.5. The van der Waals surface area contributed by atoms with Crippen molar-refractivity contribution in [1.82, 2.24) is 20.5 Å². The molecule has 3 aromatic rings. The second-order valence-corrected chi connectivity index (χ2v) is 5.09. The van der Waals surface area contributed by atoms with Crippen molar-refractivity contribution in [3.63, 3.8) is 0 Å². The van der Waals surface area contributed by atoms with Gasteiger partial charge in [0.1, 0.15) is 11.5 Å². The third kappa shape index (κ3) is 2.52. The molecular weight excluding hydrogens is 268 g/mol. The Morgan fingerprint density at radius 3 is 2.90 bits per heavy atom. The minimum Gasteiger partial charge on any atom is -0.464 e. The molecule has 1 amide bonds. The van der Waals surface area contributed by atoms with Crippen LogP contribution >= 0.6 is 0 Å². The second-order valence-electron chi connectivity index (χ2n) is 5.09. The van der Waals surface area contributed by atoms with Crippen LogP contribution in [-0.4, -0.2) is 21.1 Å². The molecule has 0 aliphatic carbocycles. The summed E-state index contributed by atoms with van der Waals surface area (Å²) in [7, 11) is 0. The number of amides is 1. The molecule has 0 spiro atoms. The van der Waals surface area contributed by atoms with Crippen LogP contribution in [0, 0.1) is 13.8 Å². The van der Waals surface area contributed by atoms with E-state index in [4.69, 9.17) is 4.42 Å². The number of aryl methyl sites for hydroxylation is 2. The Kier molecular flexibility index (Phi) is 3.21. The van der Waals surface area contributed by atoms with Gasteiger partial charge in [0.15, 0.2) is 5.65 Å². The lowest BCUT2D eigenvalue weighted by molar-refractivity contribution is 0.0935. The quantitative estimate of drug-likeness (QED) is 0.774. The number of aromatic nitrogens is 3. The number of rotatable bonds is 3. The molecule has 1 atom stereocenters. The number of carbonyl (C=O) groups is 1. The molecule has 108 valence electrons. The number of hydrogen-bond acceptors (Lipinski definition) is 4. The Morgan fingerprint density at radius 2 is 2.19 bits per heavy atom. The van der Waals surface area contributed by atoms with Gasteiger partial charge in [-0.2, -0.15) is 5.10 Å². The van der Waals surface area contributed by atoms with E-state index in [-0.39, 0.29) is 11.9 Å². The molecule has 6 heteroatoms. The number of carbonyl (C=O) groups excluding carboxylic acids is 1. The maximum atomic E-state index is 12.3. The minimum atomic E-state index is -0.202. The van der Waals surface area contributed by atoms with E-state index in [1.165, 1.54) is 6.20 Å². The number of fused-ring (bicyclic) bond motifs is 1. The Hall–Kier alpha value is -2.63. The zero-order chi connectivity index (χ0) is 15.0. The standard InChI is InChI=1S/C15H16N4O2/c1-8-4-5-13(21-8)10(3)17-15(20)11-6-12-9(2)18-19-14(12)16-7-11/h4-7,10H,1-3H3,(H,17,20)(H,16,18,19). The number of H-pyrrole nitrogens is 1. The molecule has 0 saturated carbocycles. The topological polar surface area (TPSA) is 83.8 Å². The van der Waals surface area contributed by atoms with Gasteiger partial charge in [0.05, 0.1) is 11.6 Å². The highest BCUT2D eigenvalue weighted by atomic mass is 16.3. The zero-order valence-electron chi connectivity index (χ0n) is 12.1. The summed E-state index contributed by atoms with van der Waals surface area (Å²) >= 11 is 0. The van der Waals surface area contributed by atoms with Gasteiger partial charge in [-0.15, -0.1) is 0 Å². The molecule has 0 radical (unpaired) electrons. The third-order valence-electron chi connectivity index (χ3n) is 3.40. The lowest BCUT2D eigenvalue weighted by atomic mass is 10.2. The number of nitrogens with zero attached hydrogens (tertiary/aromatic N) is 2. The van der Waals surface area contributed by atoms with Crippen LogP contribution < -0.4 is 5.32 Å². The fourth-order valence-corrected chi connectivity index (χ4v) is 2.18. The molecule has 0 aromatic carbocycles. The van der Waals surface area contributed by atoms with Gasteiger partial charge < -0.3 is 9.73 Å². The van der Waals surface area contributed by atoms with Crippen LogP contribution in [0.25, 0.3) is 11.0 Å². The second kappa shape index (κ2) is 5.05. The van der Waals surface area contributed by atoms with Crippen LogP contribution in [-0.2, 0) is 0 Å². The molecule has 3 rings (SSSR count). The summed E-state index contributed by atoms with van der Waals surface area (Å²) < 4.78 is 5.51. The number of hydrogen-bond donors (Lipinski definition) is 2. The number of furan rings is 1. The molecule has 21 heavy (non-hydrogen) atoms. The highest BCUT2D eigenvalue weighted by molar-refractivity contribution is 5.97. The van der Waals surface area contributed by atoms with Gasteiger partial charge in [-0.05, 0) is 39.0 Å². The molecule has 1 unspecified atom stereocenters. The van der Waals surface area contributed by atoms with Gasteiger partial charge in [0.25, 0.3) is 5.91 Å². The smallest absolute Gasteiger partial charge is 0.253 e. The van der Waals surface area contributed by atoms with E-state index in [1.807, 2.05) is 32.9 Å². The fourth-order valence-electron chi connectivity index (χ4n) is 2.18. The number of nitrogens with one attached hydrogen (secondary N) is 2. The van der Waals surface area contributed by atoms with Gasteiger partial charge in [0.2, 0.25) is 0 Å². The average Bonchev–Trinajstić information content (AvgIpc) is 3.05. The molecule has 0 saturated heterocycles. The molecule has 3 aromatic heterocycles. The van der Waals surface area contributed by atoms with Crippen LogP contribution in [0.4, 0.5) is 0 Å². The summed E-state index contributed by atoms with van der Waals surface area (Å²) in [5.74, 6) is 1.36.